The zero-order chi connectivity index (χ0) is 17.4. The van der Waals surface area contributed by atoms with Crippen molar-refractivity contribution in [1.29, 1.82) is 5.41 Å². The SMILES string of the molecule is CSN(SC)C(=O)N(C(=N)OCc1ccccc1)C(=O)N(C)C. The molecule has 0 aromatic heterocycles. The largest absolute Gasteiger partial charge is 0.460 e. The minimum atomic E-state index is -0.638. The van der Waals surface area contributed by atoms with Crippen molar-refractivity contribution in [2.45, 2.75) is 6.61 Å². The predicted octanol–water partition coefficient (Wildman–Crippen LogP) is 3.10. The zero-order valence-electron chi connectivity index (χ0n) is 13.5. The molecule has 1 aromatic carbocycles. The van der Waals surface area contributed by atoms with Crippen LogP contribution in [0.25, 0.3) is 0 Å². The maximum Gasteiger partial charge on any atom is 0.356 e. The summed E-state index contributed by atoms with van der Waals surface area (Å²) in [6.45, 7) is 0.0999. The summed E-state index contributed by atoms with van der Waals surface area (Å²) >= 11 is 2.30. The molecule has 0 fully saturated rings. The number of hydrogen-bond donors (Lipinski definition) is 1. The van der Waals surface area contributed by atoms with Crippen LogP contribution in [0.5, 0.6) is 0 Å². The molecule has 1 rings (SSSR count). The van der Waals surface area contributed by atoms with Crippen LogP contribution in [0.3, 0.4) is 0 Å². The van der Waals surface area contributed by atoms with Crippen LogP contribution < -0.4 is 0 Å². The van der Waals surface area contributed by atoms with E-state index in [-0.39, 0.29) is 6.61 Å². The van der Waals surface area contributed by atoms with Gasteiger partial charge < -0.3 is 9.64 Å². The summed E-state index contributed by atoms with van der Waals surface area (Å²) in [6.07, 6.45) is 3.42. The topological polar surface area (TPSA) is 76.9 Å². The van der Waals surface area contributed by atoms with Gasteiger partial charge in [0, 0.05) is 26.6 Å². The van der Waals surface area contributed by atoms with Crippen LogP contribution in [0.1, 0.15) is 5.56 Å². The van der Waals surface area contributed by atoms with Gasteiger partial charge in [-0.05, 0) is 29.5 Å². The molecule has 4 amide bonds. The Labute approximate surface area is 144 Å². The van der Waals surface area contributed by atoms with Crippen molar-refractivity contribution in [1.82, 2.24) is 13.5 Å². The molecule has 7 nitrogen and oxygen atoms in total. The van der Waals surface area contributed by atoms with E-state index in [2.05, 4.69) is 0 Å². The van der Waals surface area contributed by atoms with Gasteiger partial charge in [-0.2, -0.15) is 4.90 Å². The van der Waals surface area contributed by atoms with E-state index in [1.807, 2.05) is 30.3 Å². The maximum absolute atomic E-state index is 12.4. The number of ether oxygens (including phenoxy) is 1. The lowest BCUT2D eigenvalue weighted by atomic mass is 10.2. The first-order valence-electron chi connectivity index (χ1n) is 6.61. The monoisotopic (exact) mass is 356 g/mol. The van der Waals surface area contributed by atoms with Gasteiger partial charge in [0.1, 0.15) is 6.61 Å². The standard InChI is InChI=1S/C14H20N4O3S2/c1-16(2)13(19)17(14(20)18(22-3)23-4)12(15)21-10-11-8-6-5-7-9-11/h5-9,15H,10H2,1-4H3. The van der Waals surface area contributed by atoms with Crippen LogP contribution in [-0.4, -0.2) is 58.2 Å². The number of imide groups is 1. The molecule has 0 saturated carbocycles. The van der Waals surface area contributed by atoms with Crippen molar-refractivity contribution in [3.63, 3.8) is 0 Å². The van der Waals surface area contributed by atoms with Gasteiger partial charge in [0.25, 0.3) is 0 Å². The average molecular weight is 356 g/mol. The van der Waals surface area contributed by atoms with E-state index < -0.39 is 18.1 Å². The molecule has 0 saturated heterocycles. The number of nitrogens with zero attached hydrogens (tertiary/aromatic N) is 3. The van der Waals surface area contributed by atoms with Crippen molar-refractivity contribution < 1.29 is 14.3 Å². The summed E-state index contributed by atoms with van der Waals surface area (Å²) in [5.74, 6) is 0. The third kappa shape index (κ3) is 5.36. The molecule has 126 valence electrons. The first-order valence-corrected chi connectivity index (χ1v) is 8.97. The van der Waals surface area contributed by atoms with Crippen molar-refractivity contribution in [2.24, 2.45) is 0 Å². The molecular weight excluding hydrogens is 336 g/mol. The highest BCUT2D eigenvalue weighted by molar-refractivity contribution is 8.12. The molecule has 0 heterocycles. The van der Waals surface area contributed by atoms with Crippen LogP contribution in [0.2, 0.25) is 0 Å². The molecule has 0 aliphatic heterocycles. The van der Waals surface area contributed by atoms with E-state index in [0.29, 0.717) is 4.90 Å². The Hall–Kier alpha value is -1.87. The normalized spacial score (nSPS) is 9.91. The van der Waals surface area contributed by atoms with Gasteiger partial charge in [-0.3, -0.25) is 5.41 Å². The summed E-state index contributed by atoms with van der Waals surface area (Å²) in [5.41, 5.74) is 0.841. The van der Waals surface area contributed by atoms with Gasteiger partial charge >= 0.3 is 18.1 Å². The number of hydrogen-bond acceptors (Lipinski definition) is 6. The van der Waals surface area contributed by atoms with E-state index in [9.17, 15) is 9.59 Å². The number of nitrogens with one attached hydrogen (secondary N) is 1. The second-order valence-electron chi connectivity index (χ2n) is 4.50. The second kappa shape index (κ2) is 9.31. The molecule has 0 bridgehead atoms. The number of carbonyl (C=O) groups excluding carboxylic acids is 2. The quantitative estimate of drug-likeness (QED) is 0.510. The van der Waals surface area contributed by atoms with E-state index >= 15 is 0 Å². The minimum Gasteiger partial charge on any atom is -0.460 e. The predicted molar refractivity (Wildman–Crippen MR) is 94.1 cm³/mol. The van der Waals surface area contributed by atoms with E-state index in [4.69, 9.17) is 10.1 Å². The highest BCUT2D eigenvalue weighted by atomic mass is 32.2. The molecule has 0 spiro atoms. The van der Waals surface area contributed by atoms with Gasteiger partial charge in [0.2, 0.25) is 0 Å². The average Bonchev–Trinajstić information content (AvgIpc) is 2.55. The lowest BCUT2D eigenvalue weighted by Crippen LogP contribution is -2.50. The number of amidine groups is 1. The smallest absolute Gasteiger partial charge is 0.356 e. The van der Waals surface area contributed by atoms with Gasteiger partial charge in [-0.15, -0.1) is 0 Å². The molecule has 0 unspecified atom stereocenters. The number of carbonyl (C=O) groups is 2. The minimum absolute atomic E-state index is 0.0999. The van der Waals surface area contributed by atoms with Gasteiger partial charge in [0.05, 0.1) is 0 Å². The number of amides is 4. The Bertz CT molecular complexity index is 550. The van der Waals surface area contributed by atoms with E-state index in [1.165, 1.54) is 22.7 Å². The Kier molecular flexibility index (Phi) is 7.76. The molecule has 1 N–H and O–H groups in total. The van der Waals surface area contributed by atoms with Crippen molar-refractivity contribution in [3.05, 3.63) is 35.9 Å². The van der Waals surface area contributed by atoms with Gasteiger partial charge in [0.15, 0.2) is 0 Å². The van der Waals surface area contributed by atoms with E-state index in [0.717, 1.165) is 29.5 Å². The molecule has 0 aliphatic carbocycles. The zero-order valence-corrected chi connectivity index (χ0v) is 15.1. The van der Waals surface area contributed by atoms with Gasteiger partial charge in [-0.25, -0.2) is 13.3 Å². The van der Waals surface area contributed by atoms with Crippen LogP contribution >= 0.6 is 23.9 Å². The molecule has 0 atom stereocenters. The van der Waals surface area contributed by atoms with Crippen molar-refractivity contribution >= 4 is 42.0 Å². The second-order valence-corrected chi connectivity index (χ2v) is 6.19. The van der Waals surface area contributed by atoms with E-state index in [1.54, 1.807) is 12.5 Å². The van der Waals surface area contributed by atoms with Crippen LogP contribution in [0.4, 0.5) is 9.59 Å². The fraction of sp³-hybridized carbons (Fsp3) is 0.357. The van der Waals surface area contributed by atoms with Gasteiger partial charge in [-0.1, -0.05) is 30.3 Å². The fourth-order valence-electron chi connectivity index (χ4n) is 1.56. The maximum atomic E-state index is 12.4. The molecule has 0 aliphatic rings. The first kappa shape index (κ1) is 19.2. The van der Waals surface area contributed by atoms with Crippen LogP contribution in [-0.2, 0) is 11.3 Å². The Morgan fingerprint density at radius 3 is 2.13 bits per heavy atom. The third-order valence-corrected chi connectivity index (χ3v) is 4.54. The summed E-state index contributed by atoms with van der Waals surface area (Å²) in [6, 6.07) is 7.45. The molecule has 23 heavy (non-hydrogen) atoms. The lowest BCUT2D eigenvalue weighted by molar-refractivity contribution is 0.167. The highest BCUT2D eigenvalue weighted by Crippen LogP contribution is 2.20. The molecular formula is C14H20N4O3S2. The number of benzene rings is 1. The number of urea groups is 2. The first-order chi connectivity index (χ1) is 10.9. The summed E-state index contributed by atoms with van der Waals surface area (Å²) in [4.78, 5) is 26.6. The summed E-state index contributed by atoms with van der Waals surface area (Å²) in [5, 5.41) is 7.98. The third-order valence-electron chi connectivity index (χ3n) is 2.67. The Morgan fingerprint density at radius 1 is 1.09 bits per heavy atom. The Morgan fingerprint density at radius 2 is 1.65 bits per heavy atom. The summed E-state index contributed by atoms with van der Waals surface area (Å²) < 4.78 is 6.61. The molecule has 9 heteroatoms. The Balaban J connectivity index is 2.88. The van der Waals surface area contributed by atoms with Crippen LogP contribution in [0, 0.1) is 5.41 Å². The fourth-order valence-corrected chi connectivity index (χ4v) is 2.63. The van der Waals surface area contributed by atoms with Crippen molar-refractivity contribution in [3.8, 4) is 0 Å². The van der Waals surface area contributed by atoms with Crippen LogP contribution in [0.15, 0.2) is 30.3 Å². The summed E-state index contributed by atoms with van der Waals surface area (Å²) in [7, 11) is 3.02. The highest BCUT2D eigenvalue weighted by Gasteiger charge is 2.32. The number of rotatable bonds is 4. The molecule has 0 radical (unpaired) electrons. The van der Waals surface area contributed by atoms with Crippen molar-refractivity contribution in [2.75, 3.05) is 26.6 Å². The molecule has 1 aromatic rings. The lowest BCUT2D eigenvalue weighted by Gasteiger charge is -2.27.